The second kappa shape index (κ2) is 6.32. The first-order valence-corrected chi connectivity index (χ1v) is 9.63. The summed E-state index contributed by atoms with van der Waals surface area (Å²) in [5.41, 5.74) is 1.04. The molecule has 0 radical (unpaired) electrons. The van der Waals surface area contributed by atoms with Crippen molar-refractivity contribution in [2.45, 2.75) is 37.9 Å². The Morgan fingerprint density at radius 3 is 2.52 bits per heavy atom. The third-order valence-electron chi connectivity index (χ3n) is 5.04. The molecule has 0 heterocycles. The largest absolute Gasteiger partial charge is 0.274 e. The van der Waals surface area contributed by atoms with Gasteiger partial charge in [-0.25, -0.2) is 8.42 Å². The lowest BCUT2D eigenvalue weighted by Gasteiger charge is -2.20. The predicted molar refractivity (Wildman–Crippen MR) is 85.5 cm³/mol. The predicted octanol–water partition coefficient (Wildman–Crippen LogP) is 2.33. The first-order chi connectivity index (χ1) is 10.9. The van der Waals surface area contributed by atoms with E-state index in [1.165, 1.54) is 19.3 Å². The Morgan fingerprint density at radius 2 is 1.96 bits per heavy atom. The molecule has 2 saturated carbocycles. The maximum absolute atomic E-state index is 12.1. The van der Waals surface area contributed by atoms with Crippen molar-refractivity contribution < 1.29 is 13.2 Å². The lowest BCUT2D eigenvalue weighted by molar-refractivity contribution is -0.120. The summed E-state index contributed by atoms with van der Waals surface area (Å²) in [4.78, 5) is 12.0. The summed E-state index contributed by atoms with van der Waals surface area (Å²) in [7, 11) is -3.69. The molecule has 0 aromatic heterocycles. The van der Waals surface area contributed by atoms with Gasteiger partial charge in [-0.05, 0) is 54.7 Å². The van der Waals surface area contributed by atoms with Gasteiger partial charge in [0, 0.05) is 6.42 Å². The average molecular weight is 332 g/mol. The van der Waals surface area contributed by atoms with Gasteiger partial charge in [-0.15, -0.1) is 0 Å². The van der Waals surface area contributed by atoms with Crippen LogP contribution in [0.15, 0.2) is 24.3 Å². The van der Waals surface area contributed by atoms with Crippen LogP contribution < -0.4 is 4.72 Å². The van der Waals surface area contributed by atoms with E-state index in [9.17, 15) is 13.2 Å². The highest BCUT2D eigenvalue weighted by Crippen LogP contribution is 2.49. The molecule has 0 spiro atoms. The smallest absolute Gasteiger partial charge is 0.239 e. The number of hydrogen-bond donors (Lipinski definition) is 1. The Bertz CT molecular complexity index is 734. The van der Waals surface area contributed by atoms with Gasteiger partial charge in [0.1, 0.15) is 0 Å². The standard InChI is InChI=1S/C17H20N2O3S/c18-10-12-1-3-13(4-2-12)11-23(21,22)19-17(20)9-16-8-14-5-6-15(16)7-14/h1-4,14-16H,5-9,11H2,(H,19,20)/t14-,15-,16+/m0/s1. The van der Waals surface area contributed by atoms with E-state index in [1.54, 1.807) is 24.3 Å². The van der Waals surface area contributed by atoms with Gasteiger partial charge in [-0.1, -0.05) is 18.6 Å². The SMILES string of the molecule is N#Cc1ccc(CS(=O)(=O)NC(=O)C[C@H]2C[C@H]3CC[C@H]2C3)cc1. The number of rotatable bonds is 5. The van der Waals surface area contributed by atoms with E-state index in [1.807, 2.05) is 6.07 Å². The minimum absolute atomic E-state index is 0.249. The zero-order chi connectivity index (χ0) is 16.4. The number of nitriles is 1. The summed E-state index contributed by atoms with van der Waals surface area (Å²) in [6.45, 7) is 0. The van der Waals surface area contributed by atoms with Gasteiger partial charge in [-0.3, -0.25) is 9.52 Å². The average Bonchev–Trinajstić information content (AvgIpc) is 3.09. The molecule has 3 rings (SSSR count). The first-order valence-electron chi connectivity index (χ1n) is 7.97. The van der Waals surface area contributed by atoms with Crippen molar-refractivity contribution in [1.29, 1.82) is 5.26 Å². The molecule has 0 saturated heterocycles. The van der Waals surface area contributed by atoms with Gasteiger partial charge in [0.05, 0.1) is 17.4 Å². The summed E-state index contributed by atoms with van der Waals surface area (Å²) < 4.78 is 26.4. The van der Waals surface area contributed by atoms with Crippen molar-refractivity contribution in [3.05, 3.63) is 35.4 Å². The van der Waals surface area contributed by atoms with Crippen LogP contribution in [0, 0.1) is 29.1 Å². The van der Waals surface area contributed by atoms with Crippen molar-refractivity contribution in [2.24, 2.45) is 17.8 Å². The number of carbonyl (C=O) groups excluding carboxylic acids is 1. The van der Waals surface area contributed by atoms with Crippen LogP contribution in [-0.2, 0) is 20.6 Å². The molecular weight excluding hydrogens is 312 g/mol. The molecule has 1 aromatic rings. The number of sulfonamides is 1. The van der Waals surface area contributed by atoms with Crippen molar-refractivity contribution >= 4 is 15.9 Å². The summed E-state index contributed by atoms with van der Waals surface area (Å²) in [5, 5.41) is 8.74. The van der Waals surface area contributed by atoms with E-state index in [0.717, 1.165) is 12.3 Å². The normalized spacial score (nSPS) is 26.0. The molecule has 5 nitrogen and oxygen atoms in total. The Hall–Kier alpha value is -1.87. The van der Waals surface area contributed by atoms with Crippen molar-refractivity contribution in [3.8, 4) is 6.07 Å². The highest BCUT2D eigenvalue weighted by Gasteiger charge is 2.40. The summed E-state index contributed by atoms with van der Waals surface area (Å²) in [6.07, 6.45) is 5.03. The molecule has 2 fully saturated rings. The van der Waals surface area contributed by atoms with Crippen molar-refractivity contribution in [1.82, 2.24) is 4.72 Å². The molecule has 1 N–H and O–H groups in total. The molecule has 2 bridgehead atoms. The van der Waals surface area contributed by atoms with Gasteiger partial charge in [0.25, 0.3) is 0 Å². The number of hydrogen-bond acceptors (Lipinski definition) is 4. The summed E-state index contributed by atoms with van der Waals surface area (Å²) in [6, 6.07) is 8.32. The fourth-order valence-corrected chi connectivity index (χ4v) is 5.14. The third kappa shape index (κ3) is 3.91. The van der Waals surface area contributed by atoms with Crippen LogP contribution >= 0.6 is 0 Å². The molecule has 122 valence electrons. The number of carbonyl (C=O) groups is 1. The van der Waals surface area contributed by atoms with Crippen LogP contribution in [0.1, 0.15) is 43.2 Å². The van der Waals surface area contributed by atoms with Gasteiger partial charge < -0.3 is 0 Å². The van der Waals surface area contributed by atoms with E-state index in [-0.39, 0.29) is 5.75 Å². The molecule has 6 heteroatoms. The Balaban J connectivity index is 1.55. The molecule has 1 amide bonds. The van der Waals surface area contributed by atoms with Crippen LogP contribution in [0.3, 0.4) is 0 Å². The van der Waals surface area contributed by atoms with E-state index in [2.05, 4.69) is 4.72 Å². The monoisotopic (exact) mass is 332 g/mol. The van der Waals surface area contributed by atoms with Crippen LogP contribution in [0.5, 0.6) is 0 Å². The maximum atomic E-state index is 12.1. The van der Waals surface area contributed by atoms with Gasteiger partial charge in [-0.2, -0.15) is 5.26 Å². The lowest BCUT2D eigenvalue weighted by atomic mass is 9.86. The zero-order valence-electron chi connectivity index (χ0n) is 12.9. The molecule has 2 aliphatic rings. The van der Waals surface area contributed by atoms with E-state index in [4.69, 9.17) is 5.26 Å². The quantitative estimate of drug-likeness (QED) is 0.896. The fraction of sp³-hybridized carbons (Fsp3) is 0.529. The van der Waals surface area contributed by atoms with Gasteiger partial charge >= 0.3 is 0 Å². The van der Waals surface area contributed by atoms with Crippen LogP contribution in [0.2, 0.25) is 0 Å². The van der Waals surface area contributed by atoms with E-state index in [0.29, 0.717) is 29.4 Å². The van der Waals surface area contributed by atoms with Crippen LogP contribution in [0.4, 0.5) is 0 Å². The van der Waals surface area contributed by atoms with Crippen LogP contribution in [-0.4, -0.2) is 14.3 Å². The number of nitrogens with zero attached hydrogens (tertiary/aromatic N) is 1. The second-order valence-electron chi connectivity index (χ2n) is 6.73. The lowest BCUT2D eigenvalue weighted by Crippen LogP contribution is -2.33. The zero-order valence-corrected chi connectivity index (χ0v) is 13.7. The Labute approximate surface area is 136 Å². The second-order valence-corrected chi connectivity index (χ2v) is 8.45. The summed E-state index contributed by atoms with van der Waals surface area (Å²) in [5.74, 6) is 1.05. The molecule has 3 atom stereocenters. The van der Waals surface area contributed by atoms with Crippen molar-refractivity contribution in [2.75, 3.05) is 0 Å². The highest BCUT2D eigenvalue weighted by atomic mass is 32.2. The minimum atomic E-state index is -3.69. The van der Waals surface area contributed by atoms with Gasteiger partial charge in [0.15, 0.2) is 0 Å². The number of amides is 1. The first kappa shape index (κ1) is 16.0. The van der Waals surface area contributed by atoms with E-state index < -0.39 is 15.9 Å². The molecule has 1 aromatic carbocycles. The number of benzene rings is 1. The Morgan fingerprint density at radius 1 is 1.22 bits per heavy atom. The van der Waals surface area contributed by atoms with Crippen LogP contribution in [0.25, 0.3) is 0 Å². The number of fused-ring (bicyclic) bond motifs is 2. The third-order valence-corrected chi connectivity index (χ3v) is 6.29. The number of nitrogens with one attached hydrogen (secondary N) is 1. The van der Waals surface area contributed by atoms with E-state index >= 15 is 0 Å². The van der Waals surface area contributed by atoms with Gasteiger partial charge in [0.2, 0.25) is 15.9 Å². The summed E-state index contributed by atoms with van der Waals surface area (Å²) >= 11 is 0. The molecule has 2 aliphatic carbocycles. The maximum Gasteiger partial charge on any atom is 0.239 e. The molecule has 0 aliphatic heterocycles. The topological polar surface area (TPSA) is 87.0 Å². The fourth-order valence-electron chi connectivity index (χ4n) is 4.01. The molecule has 23 heavy (non-hydrogen) atoms. The molecular formula is C17H20N2O3S. The minimum Gasteiger partial charge on any atom is -0.274 e. The highest BCUT2D eigenvalue weighted by molar-refractivity contribution is 7.89. The molecule has 0 unspecified atom stereocenters. The van der Waals surface area contributed by atoms with Crippen molar-refractivity contribution in [3.63, 3.8) is 0 Å². The Kier molecular flexibility index (Phi) is 4.40.